The summed E-state index contributed by atoms with van der Waals surface area (Å²) in [6.07, 6.45) is 3.80. The smallest absolute Gasteiger partial charge is 0.112 e. The van der Waals surface area contributed by atoms with Crippen LogP contribution in [0.5, 0.6) is 0 Å². The summed E-state index contributed by atoms with van der Waals surface area (Å²) in [5.41, 5.74) is 3.78. The number of rotatable bonds is 2. The van der Waals surface area contributed by atoms with E-state index in [9.17, 15) is 0 Å². The molecular formula is C17H25N3. The molecule has 0 saturated carbocycles. The molecule has 0 bridgehead atoms. The van der Waals surface area contributed by atoms with E-state index >= 15 is 0 Å². The van der Waals surface area contributed by atoms with Crippen LogP contribution in [0, 0.1) is 5.92 Å². The molecule has 1 fully saturated rings. The van der Waals surface area contributed by atoms with Crippen LogP contribution in [0.15, 0.2) is 18.2 Å². The maximum atomic E-state index is 4.71. The second kappa shape index (κ2) is 5.21. The number of H-pyrrole nitrogens is 1. The molecule has 108 valence electrons. The molecule has 2 heterocycles. The Balaban J connectivity index is 1.82. The molecule has 2 N–H and O–H groups in total. The Morgan fingerprint density at radius 1 is 1.20 bits per heavy atom. The van der Waals surface area contributed by atoms with Gasteiger partial charge in [-0.05, 0) is 56.0 Å². The van der Waals surface area contributed by atoms with Gasteiger partial charge >= 0.3 is 0 Å². The van der Waals surface area contributed by atoms with E-state index in [1.165, 1.54) is 43.4 Å². The van der Waals surface area contributed by atoms with E-state index in [1.807, 2.05) is 0 Å². The van der Waals surface area contributed by atoms with Crippen molar-refractivity contribution in [2.45, 2.75) is 45.4 Å². The van der Waals surface area contributed by atoms with Gasteiger partial charge in [-0.2, -0.15) is 0 Å². The number of hydrogen-bond acceptors (Lipinski definition) is 2. The summed E-state index contributed by atoms with van der Waals surface area (Å²) in [6, 6.07) is 6.70. The third-order valence-electron chi connectivity index (χ3n) is 4.24. The first-order valence-corrected chi connectivity index (χ1v) is 7.72. The van der Waals surface area contributed by atoms with Crippen molar-refractivity contribution < 1.29 is 0 Å². The van der Waals surface area contributed by atoms with Crippen molar-refractivity contribution in [1.29, 1.82) is 0 Å². The summed E-state index contributed by atoms with van der Waals surface area (Å²) < 4.78 is 0. The molecule has 0 spiro atoms. The lowest BCUT2D eigenvalue weighted by atomic mass is 9.91. The van der Waals surface area contributed by atoms with E-state index in [4.69, 9.17) is 4.98 Å². The quantitative estimate of drug-likeness (QED) is 0.879. The molecule has 1 aromatic heterocycles. The van der Waals surface area contributed by atoms with Crippen LogP contribution in [0.1, 0.15) is 45.0 Å². The third kappa shape index (κ3) is 2.88. The number of aromatic nitrogens is 2. The first kappa shape index (κ1) is 13.6. The summed E-state index contributed by atoms with van der Waals surface area (Å²) >= 11 is 0. The van der Waals surface area contributed by atoms with E-state index < -0.39 is 0 Å². The number of nitrogens with one attached hydrogen (secondary N) is 2. The van der Waals surface area contributed by atoms with Gasteiger partial charge in [-0.3, -0.25) is 0 Å². The Bertz CT molecular complexity index is 586. The fourth-order valence-electron chi connectivity index (χ4n) is 2.96. The molecule has 1 aliphatic rings. The predicted octanol–water partition coefficient (Wildman–Crippen LogP) is 3.40. The normalized spacial score (nSPS) is 17.8. The van der Waals surface area contributed by atoms with Crippen LogP contribution >= 0.6 is 0 Å². The average molecular weight is 271 g/mol. The molecule has 1 aliphatic heterocycles. The lowest BCUT2D eigenvalue weighted by Crippen LogP contribution is -2.28. The van der Waals surface area contributed by atoms with Crippen molar-refractivity contribution in [1.82, 2.24) is 15.3 Å². The maximum Gasteiger partial charge on any atom is 0.112 e. The van der Waals surface area contributed by atoms with Gasteiger partial charge in [0.15, 0.2) is 0 Å². The van der Waals surface area contributed by atoms with Crippen molar-refractivity contribution in [3.8, 4) is 0 Å². The minimum atomic E-state index is 0.0776. The minimum Gasteiger partial charge on any atom is -0.342 e. The highest BCUT2D eigenvalue weighted by atomic mass is 14.9. The van der Waals surface area contributed by atoms with Crippen molar-refractivity contribution in [3.05, 3.63) is 29.6 Å². The van der Waals surface area contributed by atoms with Crippen molar-refractivity contribution in [2.75, 3.05) is 13.1 Å². The molecule has 0 aliphatic carbocycles. The number of aromatic amines is 1. The zero-order valence-electron chi connectivity index (χ0n) is 12.8. The molecule has 3 rings (SSSR count). The van der Waals surface area contributed by atoms with Crippen molar-refractivity contribution in [2.24, 2.45) is 5.92 Å². The molecule has 1 saturated heterocycles. The lowest BCUT2D eigenvalue weighted by Gasteiger charge is -2.22. The van der Waals surface area contributed by atoms with Crippen molar-refractivity contribution >= 4 is 11.0 Å². The summed E-state index contributed by atoms with van der Waals surface area (Å²) in [6.45, 7) is 8.93. The highest BCUT2D eigenvalue weighted by Gasteiger charge is 2.19. The minimum absolute atomic E-state index is 0.0776. The van der Waals surface area contributed by atoms with Gasteiger partial charge in [0.05, 0.1) is 11.0 Å². The fourth-order valence-corrected chi connectivity index (χ4v) is 2.96. The Morgan fingerprint density at radius 2 is 1.95 bits per heavy atom. The first-order chi connectivity index (χ1) is 9.52. The number of piperidine rings is 1. The number of benzene rings is 1. The molecule has 0 radical (unpaired) electrons. The molecule has 0 atom stereocenters. The predicted molar refractivity (Wildman–Crippen MR) is 84.1 cm³/mol. The Labute approximate surface area is 121 Å². The van der Waals surface area contributed by atoms with Crippen LogP contribution in [-0.4, -0.2) is 23.1 Å². The van der Waals surface area contributed by atoms with E-state index in [0.29, 0.717) is 0 Å². The van der Waals surface area contributed by atoms with E-state index in [1.54, 1.807) is 0 Å². The molecule has 0 amide bonds. The van der Waals surface area contributed by atoms with Crippen LogP contribution in [0.4, 0.5) is 0 Å². The summed E-state index contributed by atoms with van der Waals surface area (Å²) in [4.78, 5) is 8.20. The molecule has 3 heteroatoms. The SMILES string of the molecule is CC(C)(C)c1nc2ccc(CC3CCNCC3)cc2[nH]1. The molecule has 1 aromatic carbocycles. The topological polar surface area (TPSA) is 40.7 Å². The molecule has 0 unspecified atom stereocenters. The van der Waals surface area contributed by atoms with E-state index in [2.05, 4.69) is 49.3 Å². The highest BCUT2D eigenvalue weighted by molar-refractivity contribution is 5.76. The standard InChI is InChI=1S/C17H25N3/c1-17(2,3)16-19-14-5-4-13(11-15(14)20-16)10-12-6-8-18-9-7-12/h4-5,11-12,18H,6-10H2,1-3H3,(H,19,20). The van der Waals surface area contributed by atoms with Crippen LogP contribution in [0.3, 0.4) is 0 Å². The first-order valence-electron chi connectivity index (χ1n) is 7.72. The van der Waals surface area contributed by atoms with Gasteiger partial charge in [-0.25, -0.2) is 4.98 Å². The highest BCUT2D eigenvalue weighted by Crippen LogP contribution is 2.24. The summed E-state index contributed by atoms with van der Waals surface area (Å²) in [5.74, 6) is 1.91. The summed E-state index contributed by atoms with van der Waals surface area (Å²) in [7, 11) is 0. The summed E-state index contributed by atoms with van der Waals surface area (Å²) in [5, 5.41) is 3.43. The van der Waals surface area contributed by atoms with Gasteiger partial charge in [0.2, 0.25) is 0 Å². The molecule has 20 heavy (non-hydrogen) atoms. The van der Waals surface area contributed by atoms with E-state index in [0.717, 1.165) is 17.3 Å². The number of fused-ring (bicyclic) bond motifs is 1. The second-order valence-electron chi connectivity index (χ2n) is 7.08. The lowest BCUT2D eigenvalue weighted by molar-refractivity contribution is 0.373. The average Bonchev–Trinajstić information content (AvgIpc) is 2.83. The maximum absolute atomic E-state index is 4.71. The number of hydrogen-bond donors (Lipinski definition) is 2. The Kier molecular flexibility index (Phi) is 3.55. The van der Waals surface area contributed by atoms with Crippen LogP contribution in [0.2, 0.25) is 0 Å². The van der Waals surface area contributed by atoms with Gasteiger partial charge in [0.1, 0.15) is 5.82 Å². The number of imidazole rings is 1. The van der Waals surface area contributed by atoms with Crippen molar-refractivity contribution in [3.63, 3.8) is 0 Å². The van der Waals surface area contributed by atoms with Gasteiger partial charge in [0, 0.05) is 5.41 Å². The van der Waals surface area contributed by atoms with Gasteiger partial charge < -0.3 is 10.3 Å². The Hall–Kier alpha value is -1.35. The number of nitrogens with zero attached hydrogens (tertiary/aromatic N) is 1. The largest absolute Gasteiger partial charge is 0.342 e. The molecule has 2 aromatic rings. The van der Waals surface area contributed by atoms with Crippen LogP contribution < -0.4 is 5.32 Å². The van der Waals surface area contributed by atoms with Gasteiger partial charge in [-0.1, -0.05) is 26.8 Å². The second-order valence-corrected chi connectivity index (χ2v) is 7.08. The zero-order valence-corrected chi connectivity index (χ0v) is 12.8. The molecular weight excluding hydrogens is 246 g/mol. The van der Waals surface area contributed by atoms with Crippen LogP contribution in [-0.2, 0) is 11.8 Å². The monoisotopic (exact) mass is 271 g/mol. The van der Waals surface area contributed by atoms with Crippen LogP contribution in [0.25, 0.3) is 11.0 Å². The third-order valence-corrected chi connectivity index (χ3v) is 4.24. The van der Waals surface area contributed by atoms with E-state index in [-0.39, 0.29) is 5.41 Å². The van der Waals surface area contributed by atoms with Gasteiger partial charge in [0.25, 0.3) is 0 Å². The molecule has 3 nitrogen and oxygen atoms in total. The Morgan fingerprint density at radius 3 is 2.65 bits per heavy atom. The zero-order chi connectivity index (χ0) is 14.2. The van der Waals surface area contributed by atoms with Gasteiger partial charge in [-0.15, -0.1) is 0 Å². The fraction of sp³-hybridized carbons (Fsp3) is 0.588.